The molecule has 0 N–H and O–H groups in total. The Labute approximate surface area is 246 Å². The molecule has 0 amide bonds. The maximum Gasteiger partial charge on any atom is 0.241 e. The summed E-state index contributed by atoms with van der Waals surface area (Å²) in [4.78, 5) is 0. The van der Waals surface area contributed by atoms with E-state index in [1.165, 1.54) is 49.8 Å². The van der Waals surface area contributed by atoms with Gasteiger partial charge in [-0.2, -0.15) is 0 Å². The van der Waals surface area contributed by atoms with Crippen molar-refractivity contribution in [3.63, 3.8) is 0 Å². The monoisotopic (exact) mass is 530 g/mol. The second kappa shape index (κ2) is 9.91. The third-order valence-corrected chi connectivity index (χ3v) is 10.8. The summed E-state index contributed by atoms with van der Waals surface area (Å²) in [5.41, 5.74) is 16.1. The van der Waals surface area contributed by atoms with Crippen LogP contribution in [0.4, 0.5) is 0 Å². The molecule has 0 radical (unpaired) electrons. The van der Waals surface area contributed by atoms with E-state index in [1.807, 2.05) is 0 Å². The molecule has 0 atom stereocenters. The van der Waals surface area contributed by atoms with Crippen LogP contribution in [0.15, 0.2) is 115 Å². The van der Waals surface area contributed by atoms with Crippen LogP contribution < -0.4 is 16.4 Å². The molecule has 0 aromatic heterocycles. The Bertz CT molecular complexity index is 1680. The minimum atomic E-state index is 0.0234. The van der Waals surface area contributed by atoms with E-state index >= 15 is 0 Å². The standard InChI is InChI=1S/C40H39B/c1-5-39(6-2)35-22-16-15-21-31(35)33-26-34-32-24-23-30(25-36(32)40(7-3,8-4)38(34)27-37(33)39)41(28-17-11-9-12-18-28)29-19-13-10-14-20-29/h9-27H,5-8H2,1-4H3. The number of rotatable bonds is 7. The van der Waals surface area contributed by atoms with Crippen LogP contribution in [0.25, 0.3) is 22.3 Å². The summed E-state index contributed by atoms with van der Waals surface area (Å²) in [6, 6.07) is 43.8. The summed E-state index contributed by atoms with van der Waals surface area (Å²) >= 11 is 0. The van der Waals surface area contributed by atoms with Crippen LogP contribution in [0.5, 0.6) is 0 Å². The topological polar surface area (TPSA) is 0 Å². The molecule has 0 unspecified atom stereocenters. The minimum absolute atomic E-state index is 0.0234. The Morgan fingerprint density at radius 1 is 0.390 bits per heavy atom. The zero-order valence-electron chi connectivity index (χ0n) is 24.9. The number of benzene rings is 5. The quantitative estimate of drug-likeness (QED) is 0.186. The number of fused-ring (bicyclic) bond motifs is 6. The molecule has 2 aliphatic rings. The van der Waals surface area contributed by atoms with Gasteiger partial charge in [0.05, 0.1) is 0 Å². The fourth-order valence-corrected chi connectivity index (χ4v) is 8.53. The summed E-state index contributed by atoms with van der Waals surface area (Å²) in [5.74, 6) is 0. The van der Waals surface area contributed by atoms with E-state index in [9.17, 15) is 0 Å². The maximum atomic E-state index is 2.65. The van der Waals surface area contributed by atoms with Gasteiger partial charge in [-0.1, -0.05) is 153 Å². The lowest BCUT2D eigenvalue weighted by Crippen LogP contribution is -2.52. The van der Waals surface area contributed by atoms with E-state index < -0.39 is 0 Å². The molecule has 0 nitrogen and oxygen atoms in total. The predicted octanol–water partition coefficient (Wildman–Crippen LogP) is 8.38. The van der Waals surface area contributed by atoms with Crippen LogP contribution in [0.2, 0.25) is 0 Å². The SMILES string of the molecule is CCC1(CC)c2ccccc2-c2cc3c(cc21)C(CC)(CC)c1cc(B(c2ccccc2)c2ccccc2)ccc1-3. The molecule has 1 heteroatoms. The Kier molecular flexibility index (Phi) is 6.31. The summed E-state index contributed by atoms with van der Waals surface area (Å²) in [7, 11) is 0. The second-order valence-corrected chi connectivity index (χ2v) is 12.1. The van der Waals surface area contributed by atoms with Gasteiger partial charge in [0, 0.05) is 10.8 Å². The van der Waals surface area contributed by atoms with Crippen molar-refractivity contribution in [3.05, 3.63) is 138 Å². The van der Waals surface area contributed by atoms with Gasteiger partial charge in [0.15, 0.2) is 0 Å². The predicted molar refractivity (Wildman–Crippen MR) is 178 cm³/mol. The molecular weight excluding hydrogens is 491 g/mol. The normalized spacial score (nSPS) is 15.1. The fourth-order valence-electron chi connectivity index (χ4n) is 8.53. The van der Waals surface area contributed by atoms with Crippen molar-refractivity contribution < 1.29 is 0 Å². The van der Waals surface area contributed by atoms with Gasteiger partial charge in [-0.15, -0.1) is 0 Å². The Balaban J connectivity index is 1.46. The van der Waals surface area contributed by atoms with E-state index in [4.69, 9.17) is 0 Å². The van der Waals surface area contributed by atoms with Crippen molar-refractivity contribution in [2.24, 2.45) is 0 Å². The molecule has 0 saturated heterocycles. The number of hydrogen-bond donors (Lipinski definition) is 0. The van der Waals surface area contributed by atoms with Crippen LogP contribution in [-0.2, 0) is 10.8 Å². The molecule has 0 aliphatic heterocycles. The maximum absolute atomic E-state index is 2.65. The average Bonchev–Trinajstić information content (AvgIpc) is 3.47. The zero-order chi connectivity index (χ0) is 28.2. The molecule has 0 saturated carbocycles. The third-order valence-electron chi connectivity index (χ3n) is 10.8. The molecule has 5 aromatic carbocycles. The highest BCUT2D eigenvalue weighted by atomic mass is 14.5. The largest absolute Gasteiger partial charge is 0.241 e. The first-order valence-corrected chi connectivity index (χ1v) is 15.7. The van der Waals surface area contributed by atoms with E-state index in [0.29, 0.717) is 0 Å². The van der Waals surface area contributed by atoms with Gasteiger partial charge >= 0.3 is 0 Å². The third kappa shape index (κ3) is 3.61. The van der Waals surface area contributed by atoms with Gasteiger partial charge in [0.2, 0.25) is 6.71 Å². The van der Waals surface area contributed by atoms with Crippen molar-refractivity contribution in [2.75, 3.05) is 0 Å². The van der Waals surface area contributed by atoms with Gasteiger partial charge in [-0.3, -0.25) is 0 Å². The Morgan fingerprint density at radius 2 is 0.854 bits per heavy atom. The molecule has 5 aromatic rings. The van der Waals surface area contributed by atoms with Gasteiger partial charge in [-0.05, 0) is 76.3 Å². The summed E-state index contributed by atoms with van der Waals surface area (Å²) in [5, 5.41) is 0. The van der Waals surface area contributed by atoms with E-state index in [-0.39, 0.29) is 17.5 Å². The zero-order valence-corrected chi connectivity index (χ0v) is 24.9. The van der Waals surface area contributed by atoms with E-state index in [0.717, 1.165) is 25.7 Å². The first-order chi connectivity index (χ1) is 20.1. The molecule has 7 rings (SSSR count). The van der Waals surface area contributed by atoms with Crippen LogP contribution in [0.3, 0.4) is 0 Å². The Morgan fingerprint density at radius 3 is 1.41 bits per heavy atom. The molecule has 2 aliphatic carbocycles. The summed E-state index contributed by atoms with van der Waals surface area (Å²) in [6.45, 7) is 9.77. The van der Waals surface area contributed by atoms with Crippen LogP contribution in [0, 0.1) is 0 Å². The molecule has 0 spiro atoms. The van der Waals surface area contributed by atoms with Gasteiger partial charge in [0.25, 0.3) is 0 Å². The minimum Gasteiger partial charge on any atom is -0.0687 e. The summed E-state index contributed by atoms with van der Waals surface area (Å²) in [6.07, 6.45) is 4.46. The van der Waals surface area contributed by atoms with Crippen molar-refractivity contribution in [2.45, 2.75) is 64.2 Å². The van der Waals surface area contributed by atoms with Gasteiger partial charge in [-0.25, -0.2) is 0 Å². The molecular formula is C40H39B. The Hall–Kier alpha value is -3.84. The van der Waals surface area contributed by atoms with Gasteiger partial charge in [0.1, 0.15) is 0 Å². The highest BCUT2D eigenvalue weighted by molar-refractivity contribution is 6.95. The smallest absolute Gasteiger partial charge is 0.0687 e. The van der Waals surface area contributed by atoms with E-state index in [1.54, 1.807) is 11.1 Å². The fraction of sp³-hybridized carbons (Fsp3) is 0.250. The van der Waals surface area contributed by atoms with Crippen LogP contribution in [-0.4, -0.2) is 6.71 Å². The average molecular weight is 531 g/mol. The lowest BCUT2D eigenvalue weighted by atomic mass is 9.36. The van der Waals surface area contributed by atoms with Crippen molar-refractivity contribution in [3.8, 4) is 22.3 Å². The highest BCUT2D eigenvalue weighted by Crippen LogP contribution is 2.59. The first-order valence-electron chi connectivity index (χ1n) is 15.7. The highest BCUT2D eigenvalue weighted by Gasteiger charge is 2.46. The first kappa shape index (κ1) is 26.1. The van der Waals surface area contributed by atoms with Crippen molar-refractivity contribution in [1.29, 1.82) is 0 Å². The second-order valence-electron chi connectivity index (χ2n) is 12.1. The lowest BCUT2D eigenvalue weighted by molar-refractivity contribution is 0.476. The number of hydrogen-bond acceptors (Lipinski definition) is 0. The molecule has 202 valence electrons. The van der Waals surface area contributed by atoms with Crippen LogP contribution in [0.1, 0.15) is 75.6 Å². The molecule has 0 fully saturated rings. The molecule has 41 heavy (non-hydrogen) atoms. The van der Waals surface area contributed by atoms with Crippen molar-refractivity contribution >= 4 is 23.1 Å². The summed E-state index contributed by atoms with van der Waals surface area (Å²) < 4.78 is 0. The van der Waals surface area contributed by atoms with Crippen LogP contribution >= 0.6 is 0 Å². The van der Waals surface area contributed by atoms with Crippen molar-refractivity contribution in [1.82, 2.24) is 0 Å². The van der Waals surface area contributed by atoms with E-state index in [2.05, 4.69) is 143 Å². The van der Waals surface area contributed by atoms with Gasteiger partial charge < -0.3 is 0 Å². The molecule has 0 bridgehead atoms. The molecule has 0 heterocycles. The lowest BCUT2D eigenvalue weighted by Gasteiger charge is -2.33.